The second kappa shape index (κ2) is 5.92. The fourth-order valence-corrected chi connectivity index (χ4v) is 1.47. The van der Waals surface area contributed by atoms with Crippen molar-refractivity contribution in [3.8, 4) is 11.6 Å². The molecule has 1 heterocycles. The van der Waals surface area contributed by atoms with Gasteiger partial charge in [0.25, 0.3) is 0 Å². The second-order valence-electron chi connectivity index (χ2n) is 3.77. The Hall–Kier alpha value is -2.76. The van der Waals surface area contributed by atoms with Gasteiger partial charge in [0.2, 0.25) is 11.8 Å². The molecule has 6 heteroatoms. The number of rotatable bonds is 4. The van der Waals surface area contributed by atoms with Gasteiger partial charge in [-0.15, -0.1) is 0 Å². The number of halogens is 1. The number of carbonyl (C=O) groups excluding carboxylic acids is 2. The van der Waals surface area contributed by atoms with Crippen LogP contribution in [-0.4, -0.2) is 24.3 Å². The zero-order valence-electron chi connectivity index (χ0n) is 10.5. The SMILES string of the molecule is COC(=O)c1ccc(Oc2ccc(C=O)c(F)n2)cc1. The van der Waals surface area contributed by atoms with Crippen molar-refractivity contribution in [1.29, 1.82) is 0 Å². The summed E-state index contributed by atoms with van der Waals surface area (Å²) in [6.07, 6.45) is 0.372. The lowest BCUT2D eigenvalue weighted by atomic mass is 10.2. The number of aromatic nitrogens is 1. The van der Waals surface area contributed by atoms with Crippen molar-refractivity contribution >= 4 is 12.3 Å². The van der Waals surface area contributed by atoms with Crippen molar-refractivity contribution in [3.05, 3.63) is 53.5 Å². The number of aldehydes is 1. The largest absolute Gasteiger partial charge is 0.465 e. The molecule has 0 N–H and O–H groups in total. The highest BCUT2D eigenvalue weighted by Gasteiger charge is 2.08. The molecular formula is C14H10FNO4. The van der Waals surface area contributed by atoms with Crippen LogP contribution in [0.15, 0.2) is 36.4 Å². The molecule has 0 aliphatic carbocycles. The van der Waals surface area contributed by atoms with Gasteiger partial charge >= 0.3 is 5.97 Å². The molecule has 0 bridgehead atoms. The molecule has 0 atom stereocenters. The Morgan fingerprint density at radius 3 is 2.45 bits per heavy atom. The zero-order chi connectivity index (χ0) is 14.5. The average Bonchev–Trinajstić information content (AvgIpc) is 2.47. The first-order valence-electron chi connectivity index (χ1n) is 5.62. The minimum Gasteiger partial charge on any atom is -0.465 e. The van der Waals surface area contributed by atoms with E-state index < -0.39 is 11.9 Å². The summed E-state index contributed by atoms with van der Waals surface area (Å²) >= 11 is 0. The van der Waals surface area contributed by atoms with Crippen molar-refractivity contribution in [2.45, 2.75) is 0 Å². The molecule has 1 aromatic carbocycles. The van der Waals surface area contributed by atoms with Crippen LogP contribution in [0.5, 0.6) is 11.6 Å². The molecule has 0 aliphatic rings. The quantitative estimate of drug-likeness (QED) is 0.487. The highest BCUT2D eigenvalue weighted by Crippen LogP contribution is 2.21. The van der Waals surface area contributed by atoms with Crippen LogP contribution in [0.4, 0.5) is 4.39 Å². The molecule has 1 aromatic heterocycles. The Kier molecular flexibility index (Phi) is 4.05. The number of esters is 1. The predicted molar refractivity (Wildman–Crippen MR) is 67.4 cm³/mol. The number of ether oxygens (including phenoxy) is 2. The number of pyridine rings is 1. The van der Waals surface area contributed by atoms with Gasteiger partial charge in [-0.25, -0.2) is 4.79 Å². The molecule has 0 aliphatic heterocycles. The van der Waals surface area contributed by atoms with E-state index in [-0.39, 0.29) is 11.4 Å². The summed E-state index contributed by atoms with van der Waals surface area (Å²) in [4.78, 5) is 25.2. The van der Waals surface area contributed by atoms with Gasteiger partial charge in [-0.1, -0.05) is 0 Å². The topological polar surface area (TPSA) is 65.5 Å². The van der Waals surface area contributed by atoms with E-state index in [1.807, 2.05) is 0 Å². The molecule has 0 unspecified atom stereocenters. The van der Waals surface area contributed by atoms with Crippen LogP contribution < -0.4 is 4.74 Å². The Bertz CT molecular complexity index is 640. The standard InChI is InChI=1S/C14H10FNO4/c1-19-14(18)9-2-5-11(6-3-9)20-12-7-4-10(8-17)13(15)16-12/h2-8H,1H3. The Morgan fingerprint density at radius 1 is 1.20 bits per heavy atom. The van der Waals surface area contributed by atoms with Gasteiger partial charge in [0.05, 0.1) is 18.2 Å². The third-order valence-corrected chi connectivity index (χ3v) is 2.48. The van der Waals surface area contributed by atoms with Crippen LogP contribution in [-0.2, 0) is 4.74 Å². The maximum atomic E-state index is 13.3. The monoisotopic (exact) mass is 275 g/mol. The van der Waals surface area contributed by atoms with Crippen molar-refractivity contribution in [3.63, 3.8) is 0 Å². The maximum absolute atomic E-state index is 13.3. The lowest BCUT2D eigenvalue weighted by Gasteiger charge is -2.06. The Balaban J connectivity index is 2.16. The molecule has 0 spiro atoms. The summed E-state index contributed by atoms with van der Waals surface area (Å²) in [5.74, 6) is -0.970. The summed E-state index contributed by atoms with van der Waals surface area (Å²) in [6, 6.07) is 8.72. The van der Waals surface area contributed by atoms with Crippen LogP contribution >= 0.6 is 0 Å². The van der Waals surface area contributed by atoms with E-state index in [9.17, 15) is 14.0 Å². The first kappa shape index (κ1) is 13.7. The fraction of sp³-hybridized carbons (Fsp3) is 0.0714. The van der Waals surface area contributed by atoms with E-state index in [1.54, 1.807) is 0 Å². The van der Waals surface area contributed by atoms with E-state index in [0.29, 0.717) is 17.6 Å². The van der Waals surface area contributed by atoms with Gasteiger partial charge in [-0.05, 0) is 30.3 Å². The highest BCUT2D eigenvalue weighted by molar-refractivity contribution is 5.89. The Labute approximate surface area is 114 Å². The van der Waals surface area contributed by atoms with Gasteiger partial charge in [-0.2, -0.15) is 9.37 Å². The smallest absolute Gasteiger partial charge is 0.337 e. The molecule has 0 radical (unpaired) electrons. The zero-order valence-corrected chi connectivity index (χ0v) is 10.5. The van der Waals surface area contributed by atoms with Gasteiger partial charge in [-0.3, -0.25) is 4.79 Å². The molecule has 0 saturated carbocycles. The van der Waals surface area contributed by atoms with E-state index in [1.165, 1.54) is 43.5 Å². The molecule has 5 nitrogen and oxygen atoms in total. The first-order valence-corrected chi connectivity index (χ1v) is 5.62. The molecule has 20 heavy (non-hydrogen) atoms. The number of methoxy groups -OCH3 is 1. The van der Waals surface area contributed by atoms with E-state index >= 15 is 0 Å². The number of benzene rings is 1. The second-order valence-corrected chi connectivity index (χ2v) is 3.77. The third-order valence-electron chi connectivity index (χ3n) is 2.48. The van der Waals surface area contributed by atoms with Gasteiger partial charge in [0.1, 0.15) is 5.75 Å². The molecule has 102 valence electrons. The molecule has 0 saturated heterocycles. The van der Waals surface area contributed by atoms with Crippen molar-refractivity contribution in [2.24, 2.45) is 0 Å². The fourth-order valence-electron chi connectivity index (χ4n) is 1.47. The van der Waals surface area contributed by atoms with Crippen LogP contribution in [0.3, 0.4) is 0 Å². The minimum atomic E-state index is -0.899. The van der Waals surface area contributed by atoms with Crippen LogP contribution in [0.25, 0.3) is 0 Å². The summed E-state index contributed by atoms with van der Waals surface area (Å²) < 4.78 is 23.2. The van der Waals surface area contributed by atoms with Crippen molar-refractivity contribution < 1.29 is 23.5 Å². The van der Waals surface area contributed by atoms with Gasteiger partial charge in [0.15, 0.2) is 6.29 Å². The Morgan fingerprint density at radius 2 is 1.90 bits per heavy atom. The van der Waals surface area contributed by atoms with Crippen LogP contribution in [0.2, 0.25) is 0 Å². The lowest BCUT2D eigenvalue weighted by Crippen LogP contribution is -2.00. The molecular weight excluding hydrogens is 265 g/mol. The van der Waals surface area contributed by atoms with Crippen LogP contribution in [0, 0.1) is 5.95 Å². The average molecular weight is 275 g/mol. The first-order chi connectivity index (χ1) is 9.63. The van der Waals surface area contributed by atoms with Gasteiger partial charge < -0.3 is 9.47 Å². The van der Waals surface area contributed by atoms with E-state index in [0.717, 1.165) is 0 Å². The number of nitrogens with zero attached hydrogens (tertiary/aromatic N) is 1. The summed E-state index contributed by atoms with van der Waals surface area (Å²) in [7, 11) is 1.29. The summed E-state index contributed by atoms with van der Waals surface area (Å²) in [5, 5.41) is 0. The number of carbonyl (C=O) groups is 2. The molecule has 0 fully saturated rings. The normalized spacial score (nSPS) is 9.90. The predicted octanol–water partition coefficient (Wildman–Crippen LogP) is 2.61. The number of hydrogen-bond donors (Lipinski definition) is 0. The van der Waals surface area contributed by atoms with Gasteiger partial charge in [0, 0.05) is 6.07 Å². The van der Waals surface area contributed by atoms with Crippen LogP contribution in [0.1, 0.15) is 20.7 Å². The van der Waals surface area contributed by atoms with E-state index in [4.69, 9.17) is 4.74 Å². The summed E-state index contributed by atoms with van der Waals surface area (Å²) in [5.41, 5.74) is 0.230. The number of hydrogen-bond acceptors (Lipinski definition) is 5. The highest BCUT2D eigenvalue weighted by atomic mass is 19.1. The molecule has 2 aromatic rings. The van der Waals surface area contributed by atoms with Crippen molar-refractivity contribution in [1.82, 2.24) is 4.98 Å². The maximum Gasteiger partial charge on any atom is 0.337 e. The lowest BCUT2D eigenvalue weighted by molar-refractivity contribution is 0.0600. The molecule has 2 rings (SSSR count). The van der Waals surface area contributed by atoms with Crippen molar-refractivity contribution in [2.75, 3.05) is 7.11 Å². The summed E-state index contributed by atoms with van der Waals surface area (Å²) in [6.45, 7) is 0. The van der Waals surface area contributed by atoms with E-state index in [2.05, 4.69) is 9.72 Å². The minimum absolute atomic E-state index is 0.0129. The molecule has 0 amide bonds. The third kappa shape index (κ3) is 2.97.